The number of hydrogen-bond acceptors (Lipinski definition) is 3. The number of ether oxygens (including phenoxy) is 1. The van der Waals surface area contributed by atoms with Crippen LogP contribution in [0.15, 0.2) is 18.2 Å². The van der Waals surface area contributed by atoms with Crippen LogP contribution in [0, 0.1) is 5.82 Å². The topological polar surface area (TPSA) is 38.5 Å². The summed E-state index contributed by atoms with van der Waals surface area (Å²) in [6, 6.07) is 5.22. The van der Waals surface area contributed by atoms with Gasteiger partial charge in [-0.05, 0) is 38.9 Å². The van der Waals surface area contributed by atoms with Crippen molar-refractivity contribution in [3.8, 4) is 0 Å². The zero-order valence-electron chi connectivity index (χ0n) is 11.1. The first-order chi connectivity index (χ1) is 8.53. The Balaban J connectivity index is 2.29. The van der Waals surface area contributed by atoms with Crippen LogP contribution in [-0.2, 0) is 11.2 Å². The Hall–Kier alpha value is -1.13. The number of hydrogen-bond donors (Lipinski definition) is 1. The summed E-state index contributed by atoms with van der Waals surface area (Å²) in [6.07, 6.45) is 0.569. The van der Waals surface area contributed by atoms with Crippen molar-refractivity contribution in [1.29, 1.82) is 0 Å². The number of anilines is 1. The van der Waals surface area contributed by atoms with Gasteiger partial charge in [-0.2, -0.15) is 0 Å². The highest BCUT2D eigenvalue weighted by Crippen LogP contribution is 2.28. The molecular formula is C14H21FN2O. The highest BCUT2D eigenvalue weighted by Gasteiger charge is 2.28. The molecule has 0 aromatic heterocycles. The first kappa shape index (κ1) is 13.3. The van der Waals surface area contributed by atoms with Gasteiger partial charge in [0.15, 0.2) is 0 Å². The van der Waals surface area contributed by atoms with Crippen LogP contribution in [0.2, 0.25) is 0 Å². The van der Waals surface area contributed by atoms with E-state index in [1.165, 1.54) is 6.07 Å². The van der Waals surface area contributed by atoms with Crippen molar-refractivity contribution in [3.63, 3.8) is 0 Å². The maximum Gasteiger partial charge on any atom is 0.128 e. The Kier molecular flexibility index (Phi) is 3.88. The summed E-state index contributed by atoms with van der Waals surface area (Å²) in [7, 11) is 0. The largest absolute Gasteiger partial charge is 0.372 e. The molecule has 0 bridgehead atoms. The van der Waals surface area contributed by atoms with Gasteiger partial charge in [0.05, 0.1) is 12.2 Å². The van der Waals surface area contributed by atoms with Gasteiger partial charge in [0.2, 0.25) is 0 Å². The van der Waals surface area contributed by atoms with Crippen LogP contribution in [0.5, 0.6) is 0 Å². The summed E-state index contributed by atoms with van der Waals surface area (Å²) in [5.74, 6) is -0.165. The van der Waals surface area contributed by atoms with Crippen molar-refractivity contribution in [2.75, 3.05) is 31.1 Å². The fourth-order valence-corrected chi connectivity index (χ4v) is 2.46. The fraction of sp³-hybridized carbons (Fsp3) is 0.571. The van der Waals surface area contributed by atoms with Crippen molar-refractivity contribution in [3.05, 3.63) is 29.6 Å². The molecule has 1 fully saturated rings. The van der Waals surface area contributed by atoms with E-state index >= 15 is 0 Å². The van der Waals surface area contributed by atoms with Crippen LogP contribution in [0.1, 0.15) is 19.4 Å². The molecule has 1 aromatic carbocycles. The highest BCUT2D eigenvalue weighted by molar-refractivity contribution is 5.55. The van der Waals surface area contributed by atoms with Gasteiger partial charge in [0, 0.05) is 24.3 Å². The smallest absolute Gasteiger partial charge is 0.128 e. The number of rotatable bonds is 3. The molecule has 100 valence electrons. The molecule has 1 saturated heterocycles. The summed E-state index contributed by atoms with van der Waals surface area (Å²) < 4.78 is 19.6. The van der Waals surface area contributed by atoms with Gasteiger partial charge in [-0.25, -0.2) is 4.39 Å². The summed E-state index contributed by atoms with van der Waals surface area (Å²) >= 11 is 0. The molecular weight excluding hydrogens is 231 g/mol. The molecule has 1 aromatic rings. The van der Waals surface area contributed by atoms with Crippen molar-refractivity contribution >= 4 is 5.69 Å². The molecule has 1 aliphatic rings. The summed E-state index contributed by atoms with van der Waals surface area (Å²) in [5, 5.41) is 0. The van der Waals surface area contributed by atoms with E-state index in [0.717, 1.165) is 24.3 Å². The molecule has 0 spiro atoms. The van der Waals surface area contributed by atoms with Gasteiger partial charge >= 0.3 is 0 Å². The van der Waals surface area contributed by atoms with Crippen LogP contribution in [0.4, 0.5) is 10.1 Å². The van der Waals surface area contributed by atoms with Gasteiger partial charge in [-0.15, -0.1) is 0 Å². The maximum atomic E-state index is 13.9. The molecule has 4 heteroatoms. The average Bonchev–Trinajstić information content (AvgIpc) is 2.30. The molecule has 1 heterocycles. The lowest BCUT2D eigenvalue weighted by Gasteiger charge is -2.40. The van der Waals surface area contributed by atoms with Crippen LogP contribution in [0.3, 0.4) is 0 Å². The van der Waals surface area contributed by atoms with Crippen LogP contribution in [0.25, 0.3) is 0 Å². The molecule has 0 saturated carbocycles. The minimum absolute atomic E-state index is 0.165. The zero-order valence-corrected chi connectivity index (χ0v) is 11.1. The van der Waals surface area contributed by atoms with E-state index in [9.17, 15) is 4.39 Å². The average molecular weight is 252 g/mol. The Morgan fingerprint density at radius 3 is 2.89 bits per heavy atom. The van der Waals surface area contributed by atoms with Crippen LogP contribution < -0.4 is 10.6 Å². The first-order valence-electron chi connectivity index (χ1n) is 6.40. The Morgan fingerprint density at radius 1 is 1.44 bits per heavy atom. The first-order valence-corrected chi connectivity index (χ1v) is 6.40. The third-order valence-corrected chi connectivity index (χ3v) is 3.25. The van der Waals surface area contributed by atoms with Gasteiger partial charge in [0.1, 0.15) is 5.82 Å². The molecule has 2 N–H and O–H groups in total. The predicted octanol–water partition coefficient (Wildman–Crippen LogP) is 1.94. The van der Waals surface area contributed by atoms with Crippen LogP contribution >= 0.6 is 0 Å². The van der Waals surface area contributed by atoms with E-state index in [4.69, 9.17) is 10.5 Å². The Bertz CT molecular complexity index is 420. The van der Waals surface area contributed by atoms with Crippen molar-refractivity contribution in [1.82, 2.24) is 0 Å². The SMILES string of the molecule is CC1(C)CN(c2cccc(F)c2CCN)CCO1. The molecule has 0 atom stereocenters. The van der Waals surface area contributed by atoms with Crippen LogP contribution in [-0.4, -0.2) is 31.8 Å². The van der Waals surface area contributed by atoms with E-state index in [2.05, 4.69) is 18.7 Å². The normalized spacial score (nSPS) is 19.0. The molecule has 0 aliphatic carbocycles. The zero-order chi connectivity index (χ0) is 13.2. The van der Waals surface area contributed by atoms with Gasteiger partial charge < -0.3 is 15.4 Å². The predicted molar refractivity (Wildman–Crippen MR) is 71.4 cm³/mol. The molecule has 0 radical (unpaired) electrons. The second-order valence-corrected chi connectivity index (χ2v) is 5.31. The summed E-state index contributed by atoms with van der Waals surface area (Å²) in [4.78, 5) is 2.19. The molecule has 1 aliphatic heterocycles. The molecule has 0 amide bonds. The van der Waals surface area contributed by atoms with E-state index in [0.29, 0.717) is 19.6 Å². The second kappa shape index (κ2) is 5.24. The van der Waals surface area contributed by atoms with E-state index in [1.54, 1.807) is 6.07 Å². The number of benzene rings is 1. The molecule has 2 rings (SSSR count). The Morgan fingerprint density at radius 2 is 2.22 bits per heavy atom. The minimum Gasteiger partial charge on any atom is -0.372 e. The third-order valence-electron chi connectivity index (χ3n) is 3.25. The summed E-state index contributed by atoms with van der Waals surface area (Å²) in [6.45, 7) is 6.81. The van der Waals surface area contributed by atoms with E-state index in [1.807, 2.05) is 6.07 Å². The number of nitrogens with two attached hydrogens (primary N) is 1. The molecule has 0 unspecified atom stereocenters. The monoisotopic (exact) mass is 252 g/mol. The lowest BCUT2D eigenvalue weighted by Crippen LogP contribution is -2.48. The molecule has 18 heavy (non-hydrogen) atoms. The second-order valence-electron chi connectivity index (χ2n) is 5.31. The minimum atomic E-state index is -0.190. The standard InChI is InChI=1S/C14H21FN2O/c1-14(2)10-17(8-9-18-14)13-5-3-4-12(15)11(13)6-7-16/h3-5H,6-10,16H2,1-2H3. The lowest BCUT2D eigenvalue weighted by atomic mass is 10.0. The quantitative estimate of drug-likeness (QED) is 0.893. The fourth-order valence-electron chi connectivity index (χ4n) is 2.46. The third kappa shape index (κ3) is 2.82. The van der Waals surface area contributed by atoms with Gasteiger partial charge in [0.25, 0.3) is 0 Å². The summed E-state index contributed by atoms with van der Waals surface area (Å²) in [5.41, 5.74) is 7.06. The Labute approximate surface area is 108 Å². The van der Waals surface area contributed by atoms with Gasteiger partial charge in [-0.1, -0.05) is 6.07 Å². The number of nitrogens with zero attached hydrogens (tertiary/aromatic N) is 1. The van der Waals surface area contributed by atoms with Gasteiger partial charge in [-0.3, -0.25) is 0 Å². The highest BCUT2D eigenvalue weighted by atomic mass is 19.1. The maximum absolute atomic E-state index is 13.9. The number of halogens is 1. The van der Waals surface area contributed by atoms with E-state index in [-0.39, 0.29) is 11.4 Å². The van der Waals surface area contributed by atoms with Crippen molar-refractivity contribution in [2.24, 2.45) is 5.73 Å². The lowest BCUT2D eigenvalue weighted by molar-refractivity contribution is -0.0277. The van der Waals surface area contributed by atoms with Crippen molar-refractivity contribution in [2.45, 2.75) is 25.9 Å². The van der Waals surface area contributed by atoms with Crippen molar-refractivity contribution < 1.29 is 9.13 Å². The number of morpholine rings is 1. The molecule has 3 nitrogen and oxygen atoms in total. The van der Waals surface area contributed by atoms with E-state index < -0.39 is 0 Å².